The lowest BCUT2D eigenvalue weighted by Crippen LogP contribution is -2.34. The van der Waals surface area contributed by atoms with Gasteiger partial charge in [0, 0.05) is 24.6 Å². The monoisotopic (exact) mass is 469 g/mol. The van der Waals surface area contributed by atoms with Crippen molar-refractivity contribution in [2.24, 2.45) is 0 Å². The minimum Gasteiger partial charge on any atom is -0.384 e. The molecule has 4 heterocycles. The largest absolute Gasteiger partial charge is 0.384 e. The lowest BCUT2D eigenvalue weighted by Gasteiger charge is -2.36. The van der Waals surface area contributed by atoms with E-state index in [0.29, 0.717) is 47.7 Å². The fraction of sp³-hybridized carbons (Fsp3) is 0.308. The summed E-state index contributed by atoms with van der Waals surface area (Å²) in [4.78, 5) is 26.8. The van der Waals surface area contributed by atoms with E-state index in [2.05, 4.69) is 39.3 Å². The van der Waals surface area contributed by atoms with Crippen molar-refractivity contribution in [3.8, 4) is 5.69 Å². The number of nitrogens with zero attached hydrogens (tertiary/aromatic N) is 5. The van der Waals surface area contributed by atoms with Crippen LogP contribution in [0.1, 0.15) is 36.1 Å². The molecule has 9 nitrogen and oxygen atoms in total. The maximum Gasteiger partial charge on any atom is 0.278 e. The van der Waals surface area contributed by atoms with Crippen molar-refractivity contribution in [2.45, 2.75) is 44.4 Å². The Morgan fingerprint density at radius 3 is 2.89 bits per heavy atom. The smallest absolute Gasteiger partial charge is 0.278 e. The average molecular weight is 470 g/mol. The van der Waals surface area contributed by atoms with Gasteiger partial charge in [-0.2, -0.15) is 4.98 Å². The van der Waals surface area contributed by atoms with Crippen LogP contribution in [0.2, 0.25) is 0 Å². The fourth-order valence-corrected chi connectivity index (χ4v) is 4.90. The third-order valence-electron chi connectivity index (χ3n) is 6.97. The topological polar surface area (TPSA) is 110 Å². The number of hydrogen-bond acceptors (Lipinski definition) is 7. The molecule has 4 aromatic rings. The highest BCUT2D eigenvalue weighted by atomic mass is 16.3. The number of rotatable bonds is 6. The van der Waals surface area contributed by atoms with Gasteiger partial charge in [0.15, 0.2) is 5.65 Å². The molecule has 0 unspecified atom stereocenters. The van der Waals surface area contributed by atoms with Gasteiger partial charge >= 0.3 is 0 Å². The molecule has 0 atom stereocenters. The Labute approximate surface area is 202 Å². The highest BCUT2D eigenvalue weighted by Crippen LogP contribution is 2.40. The van der Waals surface area contributed by atoms with Crippen LogP contribution in [0, 0.1) is 0 Å². The zero-order valence-corrected chi connectivity index (χ0v) is 19.4. The first-order valence-electron chi connectivity index (χ1n) is 11.9. The second kappa shape index (κ2) is 8.44. The Morgan fingerprint density at radius 1 is 1.20 bits per heavy atom. The lowest BCUT2D eigenvalue weighted by molar-refractivity contribution is -0.0426. The summed E-state index contributed by atoms with van der Waals surface area (Å²) in [7, 11) is 0. The van der Waals surface area contributed by atoms with Crippen LogP contribution in [0.4, 0.5) is 11.6 Å². The first-order valence-corrected chi connectivity index (χ1v) is 11.9. The van der Waals surface area contributed by atoms with Crippen molar-refractivity contribution >= 4 is 22.7 Å². The van der Waals surface area contributed by atoms with E-state index < -0.39 is 5.60 Å². The van der Waals surface area contributed by atoms with E-state index in [0.717, 1.165) is 31.6 Å². The molecule has 1 fully saturated rings. The van der Waals surface area contributed by atoms with Gasteiger partial charge in [0.05, 0.1) is 17.9 Å². The summed E-state index contributed by atoms with van der Waals surface area (Å²) in [5, 5.41) is 17.9. The van der Waals surface area contributed by atoms with Crippen molar-refractivity contribution in [1.29, 1.82) is 0 Å². The summed E-state index contributed by atoms with van der Waals surface area (Å²) in [6.07, 6.45) is 8.21. The van der Waals surface area contributed by atoms with Gasteiger partial charge < -0.3 is 15.7 Å². The SMILES string of the molecule is C=CCn1c(=O)c2cnc(Nc3ccc4c(c3)CCNC4)nc2n1-c1ccnc(C2(O)CCC2)c1. The number of fused-ring (bicyclic) bond motifs is 2. The van der Waals surface area contributed by atoms with Crippen molar-refractivity contribution in [3.63, 3.8) is 0 Å². The lowest BCUT2D eigenvalue weighted by atomic mass is 9.77. The molecular weight excluding hydrogens is 442 g/mol. The van der Waals surface area contributed by atoms with E-state index in [9.17, 15) is 9.90 Å². The second-order valence-corrected chi connectivity index (χ2v) is 9.24. The number of nitrogens with one attached hydrogen (secondary N) is 2. The van der Waals surface area contributed by atoms with E-state index in [-0.39, 0.29) is 5.56 Å². The Kier molecular flexibility index (Phi) is 5.23. The molecule has 0 saturated heterocycles. The van der Waals surface area contributed by atoms with Crippen molar-refractivity contribution in [3.05, 3.63) is 82.6 Å². The van der Waals surface area contributed by atoms with Gasteiger partial charge in [-0.05, 0) is 67.6 Å². The molecule has 1 saturated carbocycles. The maximum absolute atomic E-state index is 13.2. The molecule has 0 bridgehead atoms. The minimum absolute atomic E-state index is 0.201. The van der Waals surface area contributed by atoms with Crippen LogP contribution in [0.15, 0.2) is 60.2 Å². The quantitative estimate of drug-likeness (QED) is 0.373. The summed E-state index contributed by atoms with van der Waals surface area (Å²) >= 11 is 0. The van der Waals surface area contributed by atoms with E-state index in [1.165, 1.54) is 11.1 Å². The highest BCUT2D eigenvalue weighted by molar-refractivity contribution is 5.77. The fourth-order valence-electron chi connectivity index (χ4n) is 4.90. The third kappa shape index (κ3) is 3.73. The van der Waals surface area contributed by atoms with Crippen molar-refractivity contribution < 1.29 is 5.11 Å². The average Bonchev–Trinajstić information content (AvgIpc) is 3.13. The molecule has 178 valence electrons. The van der Waals surface area contributed by atoms with Gasteiger partial charge in [-0.1, -0.05) is 12.1 Å². The van der Waals surface area contributed by atoms with E-state index in [1.807, 2.05) is 18.2 Å². The van der Waals surface area contributed by atoms with Gasteiger partial charge in [0.25, 0.3) is 5.56 Å². The number of aliphatic hydroxyl groups is 1. The normalized spacial score (nSPS) is 16.5. The Balaban J connectivity index is 1.44. The molecule has 1 aromatic carbocycles. The van der Waals surface area contributed by atoms with Crippen molar-refractivity contribution in [2.75, 3.05) is 11.9 Å². The Hall–Kier alpha value is -3.82. The molecule has 3 aromatic heterocycles. The first kappa shape index (κ1) is 21.7. The molecule has 3 N–H and O–H groups in total. The number of anilines is 2. The molecule has 1 aliphatic heterocycles. The number of hydrogen-bond donors (Lipinski definition) is 3. The van der Waals surface area contributed by atoms with Crippen LogP contribution in [0.25, 0.3) is 16.7 Å². The molecular formula is C26H27N7O2. The molecule has 2 aliphatic rings. The molecule has 0 radical (unpaired) electrons. The number of allylic oxidation sites excluding steroid dienone is 1. The molecule has 0 spiro atoms. The zero-order valence-electron chi connectivity index (χ0n) is 19.4. The van der Waals surface area contributed by atoms with E-state index in [1.54, 1.807) is 27.8 Å². The third-order valence-corrected chi connectivity index (χ3v) is 6.97. The number of aromatic nitrogens is 5. The number of benzene rings is 1. The standard InChI is InChI=1S/C26H27N7O2/c1-2-12-32-24(34)21-16-29-25(30-19-5-4-18-15-27-10-6-17(18)13-19)31-23(21)33(32)20-7-11-28-22(14-20)26(35)8-3-9-26/h2,4-5,7,11,13-14,16,27,35H,1,3,6,8-10,12,15H2,(H,29,30,31). The van der Waals surface area contributed by atoms with Gasteiger partial charge in [0.1, 0.15) is 11.0 Å². The summed E-state index contributed by atoms with van der Waals surface area (Å²) in [5.74, 6) is 0.405. The van der Waals surface area contributed by atoms with Crippen molar-refractivity contribution in [1.82, 2.24) is 29.6 Å². The molecule has 1 aliphatic carbocycles. The van der Waals surface area contributed by atoms with Crippen LogP contribution in [-0.4, -0.2) is 36.0 Å². The van der Waals surface area contributed by atoms with Crippen LogP contribution in [0.3, 0.4) is 0 Å². The Bertz CT molecular complexity index is 1500. The predicted molar refractivity (Wildman–Crippen MR) is 134 cm³/mol. The van der Waals surface area contributed by atoms with Crippen LogP contribution < -0.4 is 16.2 Å². The van der Waals surface area contributed by atoms with Crippen LogP contribution >= 0.6 is 0 Å². The maximum atomic E-state index is 13.2. The summed E-state index contributed by atoms with van der Waals surface area (Å²) < 4.78 is 3.34. The van der Waals surface area contributed by atoms with Gasteiger partial charge in [-0.25, -0.2) is 14.3 Å². The predicted octanol–water partition coefficient (Wildman–Crippen LogP) is 2.92. The molecule has 0 amide bonds. The van der Waals surface area contributed by atoms with Gasteiger partial charge in [-0.3, -0.25) is 9.78 Å². The minimum atomic E-state index is -0.911. The summed E-state index contributed by atoms with van der Waals surface area (Å²) in [5.41, 5.74) is 4.20. The Morgan fingerprint density at radius 2 is 2.09 bits per heavy atom. The molecule has 6 rings (SSSR count). The molecule has 9 heteroatoms. The molecule has 35 heavy (non-hydrogen) atoms. The highest BCUT2D eigenvalue weighted by Gasteiger charge is 2.37. The summed E-state index contributed by atoms with van der Waals surface area (Å²) in [6, 6.07) is 9.92. The summed E-state index contributed by atoms with van der Waals surface area (Å²) in [6.45, 7) is 5.96. The first-order chi connectivity index (χ1) is 17.1. The van der Waals surface area contributed by atoms with Crippen LogP contribution in [0.5, 0.6) is 0 Å². The van der Waals surface area contributed by atoms with E-state index in [4.69, 9.17) is 4.98 Å². The second-order valence-electron chi connectivity index (χ2n) is 9.24. The van der Waals surface area contributed by atoms with Gasteiger partial charge in [-0.15, -0.1) is 6.58 Å². The number of pyridine rings is 1. The van der Waals surface area contributed by atoms with Crippen LogP contribution in [-0.2, 0) is 25.1 Å². The van der Waals surface area contributed by atoms with E-state index >= 15 is 0 Å². The zero-order chi connectivity index (χ0) is 24.0. The van der Waals surface area contributed by atoms with Gasteiger partial charge in [0.2, 0.25) is 5.95 Å².